The number of nitrogens with zero attached hydrogens (tertiary/aromatic N) is 1. The maximum atomic E-state index is 10.7. The second-order valence-corrected chi connectivity index (χ2v) is 5.45. The molecule has 94 valence electrons. The van der Waals surface area contributed by atoms with E-state index in [4.69, 9.17) is 0 Å². The fraction of sp³-hybridized carbons (Fsp3) is 1.00. The summed E-state index contributed by atoms with van der Waals surface area (Å²) in [6.45, 7) is 6.65. The van der Waals surface area contributed by atoms with Crippen molar-refractivity contribution < 1.29 is 5.11 Å². The lowest BCUT2D eigenvalue weighted by atomic mass is 9.80. The predicted octanol–water partition coefficient (Wildman–Crippen LogP) is 1.37. The highest BCUT2D eigenvalue weighted by atomic mass is 16.3. The first kappa shape index (κ1) is 12.3. The Morgan fingerprint density at radius 1 is 1.31 bits per heavy atom. The van der Waals surface area contributed by atoms with Crippen LogP contribution in [0.15, 0.2) is 0 Å². The summed E-state index contributed by atoms with van der Waals surface area (Å²) >= 11 is 0. The van der Waals surface area contributed by atoms with Gasteiger partial charge in [-0.2, -0.15) is 0 Å². The third-order valence-corrected chi connectivity index (χ3v) is 4.22. The van der Waals surface area contributed by atoms with Crippen molar-refractivity contribution in [3.63, 3.8) is 0 Å². The van der Waals surface area contributed by atoms with Crippen LogP contribution in [0.3, 0.4) is 0 Å². The average Bonchev–Trinajstić information content (AvgIpc) is 2.34. The molecule has 0 aromatic rings. The van der Waals surface area contributed by atoms with E-state index in [0.29, 0.717) is 6.04 Å². The third-order valence-electron chi connectivity index (χ3n) is 4.22. The van der Waals surface area contributed by atoms with E-state index in [9.17, 15) is 5.11 Å². The molecular formula is C13H26N2O. The van der Waals surface area contributed by atoms with Crippen molar-refractivity contribution in [2.24, 2.45) is 0 Å². The van der Waals surface area contributed by atoms with E-state index in [1.54, 1.807) is 0 Å². The van der Waals surface area contributed by atoms with Gasteiger partial charge in [0.2, 0.25) is 0 Å². The molecule has 0 aliphatic carbocycles. The zero-order valence-electron chi connectivity index (χ0n) is 10.5. The minimum atomic E-state index is -0.426. The molecule has 2 rings (SSSR count). The summed E-state index contributed by atoms with van der Waals surface area (Å²) in [5.41, 5.74) is -0.426. The third kappa shape index (κ3) is 2.76. The van der Waals surface area contributed by atoms with E-state index in [1.807, 2.05) is 0 Å². The number of nitrogens with one attached hydrogen (secondary N) is 1. The summed E-state index contributed by atoms with van der Waals surface area (Å²) in [7, 11) is 0. The van der Waals surface area contributed by atoms with Crippen LogP contribution in [0, 0.1) is 0 Å². The van der Waals surface area contributed by atoms with Gasteiger partial charge in [-0.1, -0.05) is 13.3 Å². The van der Waals surface area contributed by atoms with Crippen LogP contribution in [0.25, 0.3) is 0 Å². The van der Waals surface area contributed by atoms with Gasteiger partial charge in [-0.15, -0.1) is 0 Å². The SMILES string of the molecule is CCCN1CCC(O)(C2CCCCN2)CC1. The van der Waals surface area contributed by atoms with Gasteiger partial charge in [0, 0.05) is 19.1 Å². The summed E-state index contributed by atoms with van der Waals surface area (Å²) in [6, 6.07) is 0.352. The van der Waals surface area contributed by atoms with Crippen molar-refractivity contribution in [2.45, 2.75) is 57.1 Å². The molecule has 2 aliphatic rings. The van der Waals surface area contributed by atoms with Crippen LogP contribution in [0.4, 0.5) is 0 Å². The van der Waals surface area contributed by atoms with Crippen molar-refractivity contribution in [1.82, 2.24) is 10.2 Å². The van der Waals surface area contributed by atoms with Crippen LogP contribution < -0.4 is 5.32 Å². The Bertz CT molecular complexity index is 206. The number of rotatable bonds is 3. The van der Waals surface area contributed by atoms with Crippen molar-refractivity contribution in [1.29, 1.82) is 0 Å². The topological polar surface area (TPSA) is 35.5 Å². The molecule has 2 heterocycles. The molecule has 2 N–H and O–H groups in total. The van der Waals surface area contributed by atoms with Crippen LogP contribution in [-0.2, 0) is 0 Å². The Hall–Kier alpha value is -0.120. The quantitative estimate of drug-likeness (QED) is 0.763. The van der Waals surface area contributed by atoms with E-state index in [-0.39, 0.29) is 0 Å². The standard InChI is InChI=1S/C13H26N2O/c1-2-9-15-10-6-13(16,7-11-15)12-5-3-4-8-14-12/h12,14,16H,2-11H2,1H3. The number of hydrogen-bond acceptors (Lipinski definition) is 3. The largest absolute Gasteiger partial charge is 0.388 e. The van der Waals surface area contributed by atoms with Crippen LogP contribution in [0.5, 0.6) is 0 Å². The fourth-order valence-electron chi connectivity index (χ4n) is 3.14. The highest BCUT2D eigenvalue weighted by Crippen LogP contribution is 2.29. The molecule has 0 radical (unpaired) electrons. The summed E-state index contributed by atoms with van der Waals surface area (Å²) < 4.78 is 0. The zero-order valence-corrected chi connectivity index (χ0v) is 10.5. The predicted molar refractivity (Wildman–Crippen MR) is 66.6 cm³/mol. The van der Waals surface area contributed by atoms with Gasteiger partial charge in [-0.3, -0.25) is 0 Å². The van der Waals surface area contributed by atoms with Gasteiger partial charge in [-0.25, -0.2) is 0 Å². The summed E-state index contributed by atoms with van der Waals surface area (Å²) in [4.78, 5) is 2.48. The van der Waals surface area contributed by atoms with E-state index < -0.39 is 5.60 Å². The molecule has 2 fully saturated rings. The van der Waals surface area contributed by atoms with Gasteiger partial charge >= 0.3 is 0 Å². The molecule has 16 heavy (non-hydrogen) atoms. The molecule has 2 aliphatic heterocycles. The monoisotopic (exact) mass is 226 g/mol. The smallest absolute Gasteiger partial charge is 0.0824 e. The number of piperidine rings is 2. The summed E-state index contributed by atoms with van der Waals surface area (Å²) in [6.07, 6.45) is 6.83. The van der Waals surface area contributed by atoms with Crippen LogP contribution >= 0.6 is 0 Å². The van der Waals surface area contributed by atoms with Gasteiger partial charge in [0.25, 0.3) is 0 Å². The second kappa shape index (κ2) is 5.48. The first-order valence-electron chi connectivity index (χ1n) is 6.93. The van der Waals surface area contributed by atoms with Crippen molar-refractivity contribution in [3.8, 4) is 0 Å². The zero-order chi connectivity index (χ0) is 11.4. The van der Waals surface area contributed by atoms with Gasteiger partial charge in [0.1, 0.15) is 0 Å². The molecule has 3 heteroatoms. The molecule has 0 amide bonds. The Morgan fingerprint density at radius 3 is 2.62 bits per heavy atom. The van der Waals surface area contributed by atoms with Crippen LogP contribution in [0.1, 0.15) is 45.4 Å². The Labute approximate surface area is 99.2 Å². The van der Waals surface area contributed by atoms with E-state index in [2.05, 4.69) is 17.1 Å². The molecule has 0 aromatic heterocycles. The minimum absolute atomic E-state index is 0.352. The van der Waals surface area contributed by atoms with Crippen LogP contribution in [0.2, 0.25) is 0 Å². The molecule has 3 nitrogen and oxygen atoms in total. The van der Waals surface area contributed by atoms with E-state index >= 15 is 0 Å². The van der Waals surface area contributed by atoms with Gasteiger partial charge in [0.05, 0.1) is 5.60 Å². The van der Waals surface area contributed by atoms with Crippen molar-refractivity contribution in [3.05, 3.63) is 0 Å². The number of aliphatic hydroxyl groups is 1. The maximum absolute atomic E-state index is 10.7. The minimum Gasteiger partial charge on any atom is -0.388 e. The first-order valence-corrected chi connectivity index (χ1v) is 6.93. The lowest BCUT2D eigenvalue weighted by Crippen LogP contribution is -2.57. The molecule has 0 aromatic carbocycles. The molecule has 1 unspecified atom stereocenters. The van der Waals surface area contributed by atoms with Crippen molar-refractivity contribution in [2.75, 3.05) is 26.2 Å². The number of hydrogen-bond donors (Lipinski definition) is 2. The highest BCUT2D eigenvalue weighted by molar-refractivity contribution is 4.96. The molecule has 0 spiro atoms. The molecule has 1 atom stereocenters. The normalized spacial score (nSPS) is 31.5. The molecular weight excluding hydrogens is 200 g/mol. The summed E-state index contributed by atoms with van der Waals surface area (Å²) in [5.74, 6) is 0. The lowest BCUT2D eigenvalue weighted by Gasteiger charge is -2.44. The van der Waals surface area contributed by atoms with Crippen LogP contribution in [-0.4, -0.2) is 47.8 Å². The Morgan fingerprint density at radius 2 is 2.06 bits per heavy atom. The highest BCUT2D eigenvalue weighted by Gasteiger charge is 2.39. The Balaban J connectivity index is 1.84. The van der Waals surface area contributed by atoms with Gasteiger partial charge in [-0.05, 0) is 45.2 Å². The summed E-state index contributed by atoms with van der Waals surface area (Å²) in [5, 5.41) is 14.2. The van der Waals surface area contributed by atoms with Gasteiger partial charge in [0.15, 0.2) is 0 Å². The first-order chi connectivity index (χ1) is 7.74. The lowest BCUT2D eigenvalue weighted by molar-refractivity contribution is -0.0559. The maximum Gasteiger partial charge on any atom is 0.0824 e. The van der Waals surface area contributed by atoms with E-state index in [1.165, 1.54) is 25.8 Å². The second-order valence-electron chi connectivity index (χ2n) is 5.45. The fourth-order valence-corrected chi connectivity index (χ4v) is 3.14. The average molecular weight is 226 g/mol. The van der Waals surface area contributed by atoms with E-state index in [0.717, 1.165) is 38.9 Å². The molecule has 2 saturated heterocycles. The number of likely N-dealkylation sites (tertiary alicyclic amines) is 1. The molecule has 0 saturated carbocycles. The Kier molecular flexibility index (Phi) is 4.22. The van der Waals surface area contributed by atoms with Crippen molar-refractivity contribution >= 4 is 0 Å². The molecule has 0 bridgehead atoms. The van der Waals surface area contributed by atoms with Gasteiger partial charge < -0.3 is 15.3 Å².